The number of ether oxygens (including phenoxy) is 1. The molecule has 7 heteroatoms. The largest absolute Gasteiger partial charge is 0.385 e. The highest BCUT2D eigenvalue weighted by atomic mass is 16.5. The van der Waals surface area contributed by atoms with Gasteiger partial charge in [-0.3, -0.25) is 14.0 Å². The van der Waals surface area contributed by atoms with Crippen molar-refractivity contribution < 1.29 is 14.3 Å². The van der Waals surface area contributed by atoms with Gasteiger partial charge in [-0.2, -0.15) is 0 Å². The Morgan fingerprint density at radius 3 is 2.62 bits per heavy atom. The summed E-state index contributed by atoms with van der Waals surface area (Å²) in [6, 6.07) is 15.3. The number of fused-ring (bicyclic) bond motifs is 1. The lowest BCUT2D eigenvalue weighted by atomic mass is 10.2. The minimum absolute atomic E-state index is 0.212. The maximum Gasteiger partial charge on any atom is 0.290 e. The predicted octanol–water partition coefficient (Wildman–Crippen LogP) is 2.76. The van der Waals surface area contributed by atoms with E-state index in [2.05, 4.69) is 10.3 Å². The van der Waals surface area contributed by atoms with Crippen molar-refractivity contribution in [2.75, 3.05) is 26.8 Å². The summed E-state index contributed by atoms with van der Waals surface area (Å²) < 4.78 is 6.68. The fraction of sp³-hybridized carbons (Fsp3) is 0.318. The number of imidazole rings is 1. The van der Waals surface area contributed by atoms with Crippen LogP contribution in [-0.2, 0) is 11.3 Å². The minimum Gasteiger partial charge on any atom is -0.385 e. The fourth-order valence-electron chi connectivity index (χ4n) is 3.13. The van der Waals surface area contributed by atoms with Crippen molar-refractivity contribution in [2.45, 2.75) is 19.9 Å². The van der Waals surface area contributed by atoms with Crippen LogP contribution < -0.4 is 5.32 Å². The number of nitrogens with one attached hydrogen (secondary N) is 1. The summed E-state index contributed by atoms with van der Waals surface area (Å²) in [6.45, 7) is 4.00. The summed E-state index contributed by atoms with van der Waals surface area (Å²) in [5, 5.41) is 2.84. The van der Waals surface area contributed by atoms with Crippen molar-refractivity contribution in [2.24, 2.45) is 0 Å². The van der Waals surface area contributed by atoms with E-state index in [1.807, 2.05) is 49.4 Å². The van der Waals surface area contributed by atoms with Crippen molar-refractivity contribution in [3.8, 4) is 0 Å². The van der Waals surface area contributed by atoms with Gasteiger partial charge < -0.3 is 15.0 Å². The normalized spacial score (nSPS) is 10.8. The number of rotatable bonds is 9. The summed E-state index contributed by atoms with van der Waals surface area (Å²) in [5.74, 6) is -0.272. The first-order chi connectivity index (χ1) is 14.2. The molecule has 0 aliphatic carbocycles. The molecule has 0 spiro atoms. The van der Waals surface area contributed by atoms with Gasteiger partial charge in [0.05, 0.1) is 5.52 Å². The first kappa shape index (κ1) is 20.5. The lowest BCUT2D eigenvalue weighted by Crippen LogP contribution is -2.32. The Kier molecular flexibility index (Phi) is 6.97. The summed E-state index contributed by atoms with van der Waals surface area (Å²) in [4.78, 5) is 32.0. The highest BCUT2D eigenvalue weighted by Gasteiger charge is 2.24. The summed E-state index contributed by atoms with van der Waals surface area (Å²) in [6.07, 6.45) is 2.47. The Bertz CT molecular complexity index is 969. The zero-order valence-electron chi connectivity index (χ0n) is 16.8. The van der Waals surface area contributed by atoms with E-state index >= 15 is 0 Å². The highest BCUT2D eigenvalue weighted by molar-refractivity contribution is 6.02. The van der Waals surface area contributed by atoms with Crippen molar-refractivity contribution >= 4 is 17.3 Å². The van der Waals surface area contributed by atoms with Gasteiger partial charge >= 0.3 is 0 Å². The van der Waals surface area contributed by atoms with Crippen LogP contribution in [0.15, 0.2) is 54.7 Å². The van der Waals surface area contributed by atoms with Gasteiger partial charge in [0.25, 0.3) is 11.8 Å². The van der Waals surface area contributed by atoms with Crippen LogP contribution in [0.1, 0.15) is 40.0 Å². The Labute approximate surface area is 170 Å². The molecule has 29 heavy (non-hydrogen) atoms. The molecular weight excluding hydrogens is 368 g/mol. The third-order valence-corrected chi connectivity index (χ3v) is 4.65. The third-order valence-electron chi connectivity index (χ3n) is 4.65. The number of carbonyl (C=O) groups excluding carboxylic acids is 2. The van der Waals surface area contributed by atoms with E-state index in [-0.39, 0.29) is 23.3 Å². The molecule has 3 rings (SSSR count). The van der Waals surface area contributed by atoms with E-state index in [1.54, 1.807) is 28.7 Å². The molecule has 0 bridgehead atoms. The summed E-state index contributed by atoms with van der Waals surface area (Å²) in [5.41, 5.74) is 1.90. The van der Waals surface area contributed by atoms with Gasteiger partial charge in [0, 0.05) is 39.5 Å². The van der Waals surface area contributed by atoms with Crippen LogP contribution in [0.3, 0.4) is 0 Å². The molecule has 0 unspecified atom stereocenters. The van der Waals surface area contributed by atoms with Crippen molar-refractivity contribution in [1.82, 2.24) is 19.6 Å². The predicted molar refractivity (Wildman–Crippen MR) is 111 cm³/mol. The molecule has 2 amide bonds. The molecule has 0 fully saturated rings. The number of hydrogen-bond acceptors (Lipinski definition) is 4. The molecule has 0 radical (unpaired) electrons. The molecule has 0 saturated heterocycles. The van der Waals surface area contributed by atoms with E-state index in [1.165, 1.54) is 0 Å². The average molecular weight is 394 g/mol. The number of benzene rings is 1. The van der Waals surface area contributed by atoms with Crippen LogP contribution in [0.4, 0.5) is 0 Å². The molecule has 1 N–H and O–H groups in total. The topological polar surface area (TPSA) is 75.9 Å². The minimum atomic E-state index is -0.296. The Balaban J connectivity index is 1.86. The van der Waals surface area contributed by atoms with E-state index in [4.69, 9.17) is 4.74 Å². The maximum absolute atomic E-state index is 13.2. The fourth-order valence-corrected chi connectivity index (χ4v) is 3.13. The monoisotopic (exact) mass is 394 g/mol. The van der Waals surface area contributed by atoms with Crippen LogP contribution in [-0.4, -0.2) is 52.9 Å². The van der Waals surface area contributed by atoms with Crippen LogP contribution in [0, 0.1) is 0 Å². The van der Waals surface area contributed by atoms with Gasteiger partial charge in [0.15, 0.2) is 5.69 Å². The van der Waals surface area contributed by atoms with Gasteiger partial charge in [0.1, 0.15) is 0 Å². The molecule has 3 aromatic rings. The summed E-state index contributed by atoms with van der Waals surface area (Å²) in [7, 11) is 1.62. The molecule has 152 valence electrons. The maximum atomic E-state index is 13.2. The van der Waals surface area contributed by atoms with Crippen LogP contribution in [0.2, 0.25) is 0 Å². The van der Waals surface area contributed by atoms with Crippen molar-refractivity contribution in [3.05, 3.63) is 71.8 Å². The quantitative estimate of drug-likeness (QED) is 0.566. The number of pyridine rings is 1. The molecule has 2 aromatic heterocycles. The number of amides is 2. The van der Waals surface area contributed by atoms with Gasteiger partial charge in [-0.25, -0.2) is 4.98 Å². The molecular formula is C22H26N4O3. The molecule has 0 aliphatic heterocycles. The number of nitrogens with zero attached hydrogens (tertiary/aromatic N) is 3. The van der Waals surface area contributed by atoms with Gasteiger partial charge in [-0.15, -0.1) is 0 Å². The second-order valence-electron chi connectivity index (χ2n) is 6.65. The summed E-state index contributed by atoms with van der Waals surface area (Å²) >= 11 is 0. The Hall–Kier alpha value is -3.19. The van der Waals surface area contributed by atoms with E-state index in [9.17, 15) is 9.59 Å². The Morgan fingerprint density at radius 2 is 1.90 bits per heavy atom. The SMILES string of the molecule is CCN(Cc1ccccc1)C(=O)c1nc(C(=O)NCCCOC)c2ccccn12. The molecule has 7 nitrogen and oxygen atoms in total. The highest BCUT2D eigenvalue weighted by Crippen LogP contribution is 2.16. The molecule has 1 aromatic carbocycles. The number of carbonyl (C=O) groups is 2. The first-order valence-electron chi connectivity index (χ1n) is 9.73. The van der Waals surface area contributed by atoms with E-state index in [0.29, 0.717) is 38.2 Å². The lowest BCUT2D eigenvalue weighted by molar-refractivity contribution is 0.0739. The third kappa shape index (κ3) is 4.81. The second kappa shape index (κ2) is 9.84. The second-order valence-corrected chi connectivity index (χ2v) is 6.65. The molecule has 2 heterocycles. The van der Waals surface area contributed by atoms with E-state index in [0.717, 1.165) is 5.56 Å². The number of methoxy groups -OCH3 is 1. The molecule has 0 aliphatic rings. The van der Waals surface area contributed by atoms with Crippen molar-refractivity contribution in [1.29, 1.82) is 0 Å². The van der Waals surface area contributed by atoms with Gasteiger partial charge in [-0.05, 0) is 31.0 Å². The Morgan fingerprint density at radius 1 is 1.14 bits per heavy atom. The standard InChI is InChI=1S/C22H26N4O3/c1-3-25(16-17-10-5-4-6-11-17)22(28)20-24-19(18-12-7-8-14-26(18)20)21(27)23-13-9-15-29-2/h4-8,10-12,14H,3,9,13,15-16H2,1-2H3,(H,23,27). The average Bonchev–Trinajstić information content (AvgIpc) is 3.15. The van der Waals surface area contributed by atoms with Crippen LogP contribution >= 0.6 is 0 Å². The zero-order valence-corrected chi connectivity index (χ0v) is 16.8. The number of hydrogen-bond donors (Lipinski definition) is 1. The zero-order chi connectivity index (χ0) is 20.6. The van der Waals surface area contributed by atoms with Gasteiger partial charge in [-0.1, -0.05) is 36.4 Å². The van der Waals surface area contributed by atoms with Crippen LogP contribution in [0.25, 0.3) is 5.52 Å². The van der Waals surface area contributed by atoms with Crippen LogP contribution in [0.5, 0.6) is 0 Å². The van der Waals surface area contributed by atoms with E-state index < -0.39 is 0 Å². The number of aromatic nitrogens is 2. The smallest absolute Gasteiger partial charge is 0.290 e. The first-order valence-corrected chi connectivity index (χ1v) is 9.73. The van der Waals surface area contributed by atoms with Gasteiger partial charge in [0.2, 0.25) is 5.82 Å². The molecule has 0 atom stereocenters. The lowest BCUT2D eigenvalue weighted by Gasteiger charge is -2.20. The van der Waals surface area contributed by atoms with Crippen molar-refractivity contribution in [3.63, 3.8) is 0 Å². The molecule has 0 saturated carbocycles.